The van der Waals surface area contributed by atoms with Crippen LogP contribution in [-0.4, -0.2) is 22.3 Å². The van der Waals surface area contributed by atoms with Crippen LogP contribution in [0.2, 0.25) is 4.47 Å². The molecule has 0 aromatic carbocycles. The maximum atomic E-state index is 11.9. The second-order valence-corrected chi connectivity index (χ2v) is 5.89. The number of aromatic nitrogens is 1. The molecule has 1 aromatic heterocycles. The Morgan fingerprint density at radius 2 is 2.40 bits per heavy atom. The maximum absolute atomic E-state index is 11.9. The summed E-state index contributed by atoms with van der Waals surface area (Å²) in [6, 6.07) is 0. The van der Waals surface area contributed by atoms with Gasteiger partial charge in [-0.2, -0.15) is 0 Å². The number of carbonyl (C=O) groups excluding carboxylic acids is 1. The van der Waals surface area contributed by atoms with Crippen molar-refractivity contribution in [3.05, 3.63) is 15.5 Å². The highest BCUT2D eigenvalue weighted by atomic mass is 35.5. The monoisotopic (exact) mass is 244 g/mol. The second-order valence-electron chi connectivity index (χ2n) is 4.45. The summed E-state index contributed by atoms with van der Waals surface area (Å²) in [7, 11) is 0. The Labute approximate surface area is 98.1 Å². The van der Waals surface area contributed by atoms with Crippen LogP contribution in [0.5, 0.6) is 0 Å². The van der Waals surface area contributed by atoms with E-state index in [0.717, 1.165) is 18.7 Å². The van der Waals surface area contributed by atoms with Crippen molar-refractivity contribution in [3.8, 4) is 0 Å². The standard InChI is InChI=1S/C10H13ClN2OS/c1-10(2)3-4-13(8(10)14)5-7-6-15-9(11)12-7/h6H,3-5H2,1-2H3. The fraction of sp³-hybridized carbons (Fsp3) is 0.600. The van der Waals surface area contributed by atoms with E-state index in [4.69, 9.17) is 11.6 Å². The predicted molar refractivity (Wildman–Crippen MR) is 60.9 cm³/mol. The molecule has 2 heterocycles. The molecule has 0 aliphatic carbocycles. The van der Waals surface area contributed by atoms with Crippen LogP contribution in [0.1, 0.15) is 26.0 Å². The molecule has 0 atom stereocenters. The van der Waals surface area contributed by atoms with Gasteiger partial charge in [0.1, 0.15) is 0 Å². The normalized spacial score (nSPS) is 19.9. The van der Waals surface area contributed by atoms with E-state index in [0.29, 0.717) is 11.0 Å². The zero-order valence-corrected chi connectivity index (χ0v) is 10.4. The van der Waals surface area contributed by atoms with Crippen molar-refractivity contribution in [2.75, 3.05) is 6.54 Å². The molecule has 1 amide bonds. The van der Waals surface area contributed by atoms with Gasteiger partial charge in [-0.1, -0.05) is 25.4 Å². The molecule has 82 valence electrons. The minimum atomic E-state index is -0.209. The largest absolute Gasteiger partial charge is 0.336 e. The Morgan fingerprint density at radius 1 is 1.67 bits per heavy atom. The number of thiazole rings is 1. The van der Waals surface area contributed by atoms with Crippen molar-refractivity contribution < 1.29 is 4.79 Å². The summed E-state index contributed by atoms with van der Waals surface area (Å²) in [5, 5.41) is 1.90. The quantitative estimate of drug-likeness (QED) is 0.801. The van der Waals surface area contributed by atoms with Crippen LogP contribution in [0.15, 0.2) is 5.38 Å². The topological polar surface area (TPSA) is 33.2 Å². The molecule has 0 radical (unpaired) electrons. The van der Waals surface area contributed by atoms with Gasteiger partial charge in [0.2, 0.25) is 5.91 Å². The first kappa shape index (κ1) is 10.9. The van der Waals surface area contributed by atoms with Gasteiger partial charge in [-0.15, -0.1) is 11.3 Å². The number of halogens is 1. The van der Waals surface area contributed by atoms with Crippen LogP contribution in [-0.2, 0) is 11.3 Å². The van der Waals surface area contributed by atoms with E-state index in [1.54, 1.807) is 0 Å². The number of hydrogen-bond acceptors (Lipinski definition) is 3. The molecular weight excluding hydrogens is 232 g/mol. The molecule has 5 heteroatoms. The molecule has 1 aliphatic heterocycles. The molecule has 15 heavy (non-hydrogen) atoms. The zero-order valence-electron chi connectivity index (χ0n) is 8.79. The third-order valence-electron chi connectivity index (χ3n) is 2.75. The predicted octanol–water partition coefficient (Wildman–Crippen LogP) is 2.56. The van der Waals surface area contributed by atoms with E-state index in [2.05, 4.69) is 4.98 Å². The molecule has 0 unspecified atom stereocenters. The molecule has 1 fully saturated rings. The summed E-state index contributed by atoms with van der Waals surface area (Å²) in [5.41, 5.74) is 0.677. The van der Waals surface area contributed by atoms with Crippen molar-refractivity contribution in [2.24, 2.45) is 5.41 Å². The van der Waals surface area contributed by atoms with Gasteiger partial charge in [0.05, 0.1) is 12.2 Å². The minimum absolute atomic E-state index is 0.209. The number of likely N-dealkylation sites (tertiary alicyclic amines) is 1. The van der Waals surface area contributed by atoms with Crippen LogP contribution in [0.3, 0.4) is 0 Å². The van der Waals surface area contributed by atoms with E-state index < -0.39 is 0 Å². The van der Waals surface area contributed by atoms with E-state index in [-0.39, 0.29) is 11.3 Å². The summed E-state index contributed by atoms with van der Waals surface area (Å²) in [5.74, 6) is 0.214. The number of nitrogens with zero attached hydrogens (tertiary/aromatic N) is 2. The van der Waals surface area contributed by atoms with Gasteiger partial charge in [-0.05, 0) is 6.42 Å². The summed E-state index contributed by atoms with van der Waals surface area (Å²) in [6.45, 7) is 5.39. The molecule has 0 N–H and O–H groups in total. The Bertz CT molecular complexity index is 389. The highest BCUT2D eigenvalue weighted by Crippen LogP contribution is 2.31. The molecule has 2 rings (SSSR count). The molecule has 0 bridgehead atoms. The first-order valence-electron chi connectivity index (χ1n) is 4.88. The Hall–Kier alpha value is -0.610. The first-order chi connectivity index (χ1) is 6.99. The zero-order chi connectivity index (χ0) is 11.1. The van der Waals surface area contributed by atoms with Crippen molar-refractivity contribution in [3.63, 3.8) is 0 Å². The van der Waals surface area contributed by atoms with Crippen LogP contribution in [0, 0.1) is 5.41 Å². The van der Waals surface area contributed by atoms with Gasteiger partial charge in [0.25, 0.3) is 0 Å². The molecule has 0 spiro atoms. The molecule has 3 nitrogen and oxygen atoms in total. The highest BCUT2D eigenvalue weighted by Gasteiger charge is 2.38. The van der Waals surface area contributed by atoms with Gasteiger partial charge >= 0.3 is 0 Å². The molecule has 0 saturated carbocycles. The lowest BCUT2D eigenvalue weighted by Crippen LogP contribution is -2.30. The van der Waals surface area contributed by atoms with E-state index in [1.165, 1.54) is 11.3 Å². The van der Waals surface area contributed by atoms with Crippen LogP contribution in [0.25, 0.3) is 0 Å². The Balaban J connectivity index is 2.06. The average Bonchev–Trinajstić information content (AvgIpc) is 2.66. The third kappa shape index (κ3) is 2.16. The molecule has 1 aromatic rings. The van der Waals surface area contributed by atoms with Crippen LogP contribution >= 0.6 is 22.9 Å². The molecular formula is C10H13ClN2OS. The van der Waals surface area contributed by atoms with Gasteiger partial charge in [-0.3, -0.25) is 4.79 Å². The Kier molecular flexibility index (Phi) is 2.73. The first-order valence-corrected chi connectivity index (χ1v) is 6.14. The van der Waals surface area contributed by atoms with Crippen molar-refractivity contribution in [1.82, 2.24) is 9.88 Å². The lowest BCUT2D eigenvalue weighted by molar-refractivity contribution is -0.135. The maximum Gasteiger partial charge on any atom is 0.228 e. The second kappa shape index (κ2) is 3.76. The van der Waals surface area contributed by atoms with Crippen molar-refractivity contribution >= 4 is 28.8 Å². The fourth-order valence-electron chi connectivity index (χ4n) is 1.75. The van der Waals surface area contributed by atoms with Gasteiger partial charge < -0.3 is 4.90 Å². The number of hydrogen-bond donors (Lipinski definition) is 0. The number of carbonyl (C=O) groups is 1. The van der Waals surface area contributed by atoms with Crippen LogP contribution in [0.4, 0.5) is 0 Å². The van der Waals surface area contributed by atoms with E-state index in [9.17, 15) is 4.79 Å². The van der Waals surface area contributed by atoms with E-state index in [1.807, 2.05) is 24.1 Å². The lowest BCUT2D eigenvalue weighted by Gasteiger charge is -2.18. The van der Waals surface area contributed by atoms with Crippen LogP contribution < -0.4 is 0 Å². The van der Waals surface area contributed by atoms with Gasteiger partial charge in [0.15, 0.2) is 4.47 Å². The fourth-order valence-corrected chi connectivity index (χ4v) is 2.52. The minimum Gasteiger partial charge on any atom is -0.336 e. The van der Waals surface area contributed by atoms with Crippen molar-refractivity contribution in [2.45, 2.75) is 26.8 Å². The molecule has 1 saturated heterocycles. The lowest BCUT2D eigenvalue weighted by atomic mass is 9.92. The summed E-state index contributed by atoms with van der Waals surface area (Å²) in [4.78, 5) is 17.9. The number of rotatable bonds is 2. The van der Waals surface area contributed by atoms with E-state index >= 15 is 0 Å². The number of amides is 1. The smallest absolute Gasteiger partial charge is 0.228 e. The van der Waals surface area contributed by atoms with Gasteiger partial charge in [-0.25, -0.2) is 4.98 Å². The average molecular weight is 245 g/mol. The molecule has 1 aliphatic rings. The summed E-state index contributed by atoms with van der Waals surface area (Å²) in [6.07, 6.45) is 0.920. The highest BCUT2D eigenvalue weighted by molar-refractivity contribution is 7.13. The van der Waals surface area contributed by atoms with Crippen molar-refractivity contribution in [1.29, 1.82) is 0 Å². The Morgan fingerprint density at radius 3 is 2.87 bits per heavy atom. The van der Waals surface area contributed by atoms with Gasteiger partial charge in [0, 0.05) is 17.3 Å². The summed E-state index contributed by atoms with van der Waals surface area (Å²) < 4.78 is 0.538. The summed E-state index contributed by atoms with van der Waals surface area (Å²) >= 11 is 7.15. The SMILES string of the molecule is CC1(C)CCN(Cc2csc(Cl)n2)C1=O. The third-order valence-corrected chi connectivity index (χ3v) is 3.78.